The van der Waals surface area contributed by atoms with Gasteiger partial charge in [0.25, 0.3) is 0 Å². The number of nitrogens with zero attached hydrogens (tertiary/aromatic N) is 2. The Morgan fingerprint density at radius 3 is 2.57 bits per heavy atom. The monoisotopic (exact) mass is 320 g/mol. The van der Waals surface area contributed by atoms with Crippen LogP contribution in [0.2, 0.25) is 0 Å². The summed E-state index contributed by atoms with van der Waals surface area (Å²) in [7, 11) is -2.55. The second-order valence-electron chi connectivity index (χ2n) is 4.48. The molecule has 7 nitrogen and oxygen atoms in total. The first-order valence-corrected chi connectivity index (χ1v) is 7.76. The molecule has 0 aromatic heterocycles. The van der Waals surface area contributed by atoms with Crippen molar-refractivity contribution in [1.29, 1.82) is 0 Å². The van der Waals surface area contributed by atoms with Crippen molar-refractivity contribution in [1.82, 2.24) is 4.31 Å². The molecule has 0 fully saturated rings. The zero-order valence-corrected chi connectivity index (χ0v) is 12.3. The average Bonchev–Trinajstić information content (AvgIpc) is 2.43. The second-order valence-corrected chi connectivity index (χ2v) is 6.53. The summed E-state index contributed by atoms with van der Waals surface area (Å²) >= 11 is 0. The van der Waals surface area contributed by atoms with E-state index in [1.54, 1.807) is 0 Å². The molecular formula is C12H17FN2O5S. The lowest BCUT2D eigenvalue weighted by molar-refractivity contribution is -0.387. The summed E-state index contributed by atoms with van der Waals surface area (Å²) in [6.07, 6.45) is 1.80. The van der Waals surface area contributed by atoms with E-state index < -0.39 is 26.5 Å². The normalized spacial score (nSPS) is 11.8. The van der Waals surface area contributed by atoms with Crippen molar-refractivity contribution in [3.63, 3.8) is 0 Å². The van der Waals surface area contributed by atoms with Crippen molar-refractivity contribution in [2.24, 2.45) is 0 Å². The summed E-state index contributed by atoms with van der Waals surface area (Å²) in [5.74, 6) is -1.08. The lowest BCUT2D eigenvalue weighted by atomic mass is 10.2. The Kier molecular flexibility index (Phi) is 6.19. The molecule has 9 heteroatoms. The molecule has 0 heterocycles. The summed E-state index contributed by atoms with van der Waals surface area (Å²) in [6.45, 7) is 0.258. The molecule has 1 aromatic carbocycles. The summed E-state index contributed by atoms with van der Waals surface area (Å²) < 4.78 is 38.7. The van der Waals surface area contributed by atoms with E-state index >= 15 is 0 Å². The van der Waals surface area contributed by atoms with E-state index in [2.05, 4.69) is 0 Å². The Bertz CT molecular complexity index is 606. The van der Waals surface area contributed by atoms with E-state index in [1.165, 1.54) is 7.05 Å². The number of aliphatic hydroxyl groups is 1. The molecule has 0 radical (unpaired) electrons. The maximum atomic E-state index is 13.2. The molecule has 21 heavy (non-hydrogen) atoms. The topological polar surface area (TPSA) is 101 Å². The van der Waals surface area contributed by atoms with Crippen LogP contribution in [-0.2, 0) is 10.0 Å². The third-order valence-electron chi connectivity index (χ3n) is 2.95. The number of sulfonamides is 1. The Morgan fingerprint density at radius 1 is 1.33 bits per heavy atom. The minimum absolute atomic E-state index is 0.0423. The molecule has 0 atom stereocenters. The lowest BCUT2D eigenvalue weighted by Gasteiger charge is -2.17. The highest BCUT2D eigenvalue weighted by atomic mass is 32.2. The van der Waals surface area contributed by atoms with Gasteiger partial charge in [-0.2, -0.15) is 4.39 Å². The number of rotatable bonds is 8. The number of hydrogen-bond donors (Lipinski definition) is 1. The van der Waals surface area contributed by atoms with E-state index in [9.17, 15) is 22.9 Å². The molecule has 1 rings (SSSR count). The summed E-state index contributed by atoms with van der Waals surface area (Å²) in [4.78, 5) is 9.37. The highest BCUT2D eigenvalue weighted by molar-refractivity contribution is 7.89. The fourth-order valence-corrected chi connectivity index (χ4v) is 2.95. The molecule has 1 aromatic rings. The second kappa shape index (κ2) is 7.43. The van der Waals surface area contributed by atoms with Crippen LogP contribution in [0.5, 0.6) is 0 Å². The molecule has 1 N–H and O–H groups in total. The number of aliphatic hydroxyl groups excluding tert-OH is 1. The van der Waals surface area contributed by atoms with Crippen molar-refractivity contribution in [2.45, 2.75) is 24.2 Å². The lowest BCUT2D eigenvalue weighted by Crippen LogP contribution is -2.28. The maximum Gasteiger partial charge on any atom is 0.306 e. The molecule has 0 saturated carbocycles. The van der Waals surface area contributed by atoms with Crippen LogP contribution in [0, 0.1) is 15.9 Å². The van der Waals surface area contributed by atoms with Crippen LogP contribution in [0.1, 0.15) is 19.3 Å². The highest BCUT2D eigenvalue weighted by Gasteiger charge is 2.24. The number of benzene rings is 1. The molecule has 0 aliphatic rings. The quantitative estimate of drug-likeness (QED) is 0.444. The van der Waals surface area contributed by atoms with Gasteiger partial charge in [0.1, 0.15) is 0 Å². The Hall–Kier alpha value is -1.58. The number of nitro groups is 1. The SMILES string of the molecule is CN(CCCCCO)S(=O)(=O)c1ccc(F)c([N+](=O)[O-])c1. The van der Waals surface area contributed by atoms with Gasteiger partial charge in [0.05, 0.1) is 9.82 Å². The van der Waals surface area contributed by atoms with Crippen LogP contribution >= 0.6 is 0 Å². The van der Waals surface area contributed by atoms with Crippen molar-refractivity contribution < 1.29 is 22.8 Å². The third-order valence-corrected chi connectivity index (χ3v) is 4.81. The van der Waals surface area contributed by atoms with Crippen LogP contribution < -0.4 is 0 Å². The van der Waals surface area contributed by atoms with Crippen LogP contribution in [0.15, 0.2) is 23.1 Å². The van der Waals surface area contributed by atoms with E-state index in [0.29, 0.717) is 19.3 Å². The summed E-state index contributed by atoms with van der Waals surface area (Å²) in [6, 6.07) is 2.49. The van der Waals surface area contributed by atoms with Gasteiger partial charge in [-0.15, -0.1) is 0 Å². The zero-order valence-electron chi connectivity index (χ0n) is 11.5. The van der Waals surface area contributed by atoms with E-state index in [1.807, 2.05) is 0 Å². The predicted octanol–water partition coefficient (Wildman–Crippen LogP) is 1.52. The van der Waals surface area contributed by atoms with Crippen molar-refractivity contribution >= 4 is 15.7 Å². The molecule has 0 saturated heterocycles. The summed E-state index contributed by atoms with van der Waals surface area (Å²) in [5.41, 5.74) is -0.871. The van der Waals surface area contributed by atoms with Gasteiger partial charge in [-0.25, -0.2) is 12.7 Å². The Balaban J connectivity index is 2.92. The fraction of sp³-hybridized carbons (Fsp3) is 0.500. The number of halogens is 1. The zero-order chi connectivity index (χ0) is 16.0. The highest BCUT2D eigenvalue weighted by Crippen LogP contribution is 2.23. The van der Waals surface area contributed by atoms with Crippen LogP contribution in [0.4, 0.5) is 10.1 Å². The van der Waals surface area contributed by atoms with Crippen molar-refractivity contribution in [3.05, 3.63) is 34.1 Å². The van der Waals surface area contributed by atoms with Gasteiger partial charge < -0.3 is 5.11 Å². The smallest absolute Gasteiger partial charge is 0.306 e. The predicted molar refractivity (Wildman–Crippen MR) is 73.8 cm³/mol. The largest absolute Gasteiger partial charge is 0.396 e. The van der Waals surface area contributed by atoms with Crippen LogP contribution in [0.3, 0.4) is 0 Å². The first-order valence-electron chi connectivity index (χ1n) is 6.32. The third kappa shape index (κ3) is 4.45. The molecular weight excluding hydrogens is 303 g/mol. The molecule has 0 aliphatic heterocycles. The molecule has 0 bridgehead atoms. The fourth-order valence-electron chi connectivity index (χ4n) is 1.72. The van der Waals surface area contributed by atoms with Gasteiger partial charge in [0.15, 0.2) is 0 Å². The van der Waals surface area contributed by atoms with Gasteiger partial charge in [0.2, 0.25) is 15.8 Å². The first-order chi connectivity index (χ1) is 9.80. The van der Waals surface area contributed by atoms with E-state index in [-0.39, 0.29) is 18.0 Å². The van der Waals surface area contributed by atoms with Gasteiger partial charge in [-0.3, -0.25) is 10.1 Å². The van der Waals surface area contributed by atoms with Gasteiger partial charge in [0, 0.05) is 26.3 Å². The van der Waals surface area contributed by atoms with Gasteiger partial charge >= 0.3 is 5.69 Å². The van der Waals surface area contributed by atoms with E-state index in [4.69, 9.17) is 5.11 Å². The first kappa shape index (κ1) is 17.5. The number of hydrogen-bond acceptors (Lipinski definition) is 5. The Morgan fingerprint density at radius 2 is 2.00 bits per heavy atom. The van der Waals surface area contributed by atoms with Gasteiger partial charge in [-0.05, 0) is 31.4 Å². The van der Waals surface area contributed by atoms with Crippen LogP contribution in [0.25, 0.3) is 0 Å². The molecule has 0 amide bonds. The minimum Gasteiger partial charge on any atom is -0.396 e. The standard InChI is InChI=1S/C12H17FN2O5S/c1-14(7-3-2-4-8-16)21(19,20)10-5-6-11(13)12(9-10)15(17)18/h5-6,9,16H,2-4,7-8H2,1H3. The summed E-state index contributed by atoms with van der Waals surface area (Å²) in [5, 5.41) is 19.3. The van der Waals surface area contributed by atoms with Gasteiger partial charge in [-0.1, -0.05) is 0 Å². The van der Waals surface area contributed by atoms with Crippen molar-refractivity contribution in [3.8, 4) is 0 Å². The van der Waals surface area contributed by atoms with E-state index in [0.717, 1.165) is 22.5 Å². The number of unbranched alkanes of at least 4 members (excludes halogenated alkanes) is 2. The minimum atomic E-state index is -3.90. The van der Waals surface area contributed by atoms with Crippen LogP contribution in [-0.4, -0.2) is 43.0 Å². The average molecular weight is 320 g/mol. The molecule has 118 valence electrons. The maximum absolute atomic E-state index is 13.2. The molecule has 0 unspecified atom stereocenters. The Labute approximate surface area is 122 Å². The molecule has 0 spiro atoms. The molecule has 0 aliphatic carbocycles. The van der Waals surface area contributed by atoms with Crippen molar-refractivity contribution in [2.75, 3.05) is 20.2 Å². The number of nitro benzene ring substituents is 1.